The Morgan fingerprint density at radius 3 is 2.24 bits per heavy atom. The Kier molecular flexibility index (Phi) is 6.09. The Hall–Kier alpha value is -2.47. The largest absolute Gasteiger partial charge is 0.340 e. The molecule has 0 unspecified atom stereocenters. The highest BCUT2D eigenvalue weighted by Crippen LogP contribution is 2.20. The van der Waals surface area contributed by atoms with Gasteiger partial charge in [-0.05, 0) is 48.4 Å². The molecule has 1 atom stereocenters. The third-order valence-electron chi connectivity index (χ3n) is 3.53. The van der Waals surface area contributed by atoms with Crippen molar-refractivity contribution in [2.75, 3.05) is 5.32 Å². The first-order valence-electron chi connectivity index (χ1n) is 7.60. The summed E-state index contributed by atoms with van der Waals surface area (Å²) in [5.41, 5.74) is 0.558. The van der Waals surface area contributed by atoms with E-state index in [1.807, 2.05) is 0 Å². The predicted molar refractivity (Wildman–Crippen MR) is 92.5 cm³/mol. The molecule has 0 aliphatic heterocycles. The second-order valence-electron chi connectivity index (χ2n) is 5.82. The van der Waals surface area contributed by atoms with Crippen LogP contribution in [-0.2, 0) is 4.79 Å². The standard InChI is InChI=1S/C18H17ClF2N2O2/c1-10(2)16(23-17(24)11-3-5-12(20)6-4-11)18(25)22-13-7-8-15(21)14(19)9-13/h3-10,16H,1-2H3,(H,22,25)(H,23,24)/t16-/m0/s1. The molecule has 0 spiro atoms. The Bertz CT molecular complexity index is 779. The fourth-order valence-electron chi connectivity index (χ4n) is 2.15. The summed E-state index contributed by atoms with van der Waals surface area (Å²) in [5.74, 6) is -2.22. The number of halogens is 3. The van der Waals surface area contributed by atoms with E-state index in [9.17, 15) is 18.4 Å². The Balaban J connectivity index is 2.11. The van der Waals surface area contributed by atoms with Crippen molar-refractivity contribution in [1.29, 1.82) is 0 Å². The van der Waals surface area contributed by atoms with Crippen molar-refractivity contribution < 1.29 is 18.4 Å². The highest BCUT2D eigenvalue weighted by atomic mass is 35.5. The molecule has 0 radical (unpaired) electrons. The first-order chi connectivity index (χ1) is 11.8. The zero-order valence-corrected chi connectivity index (χ0v) is 14.4. The Labute approximate surface area is 149 Å². The maximum absolute atomic E-state index is 13.2. The SMILES string of the molecule is CC(C)[C@H](NC(=O)c1ccc(F)cc1)C(=O)Nc1ccc(F)c(Cl)c1. The molecule has 4 nitrogen and oxygen atoms in total. The first-order valence-corrected chi connectivity index (χ1v) is 7.98. The number of carbonyl (C=O) groups excluding carboxylic acids is 2. The molecular formula is C18H17ClF2N2O2. The first kappa shape index (κ1) is 18.9. The second kappa shape index (κ2) is 8.07. The predicted octanol–water partition coefficient (Wildman–Crippen LogP) is 4.01. The molecule has 2 rings (SSSR count). The van der Waals surface area contributed by atoms with E-state index in [4.69, 9.17) is 11.6 Å². The molecule has 2 N–H and O–H groups in total. The van der Waals surface area contributed by atoms with Crippen LogP contribution in [-0.4, -0.2) is 17.9 Å². The van der Waals surface area contributed by atoms with Gasteiger partial charge in [0.05, 0.1) is 5.02 Å². The molecule has 25 heavy (non-hydrogen) atoms. The monoisotopic (exact) mass is 366 g/mol. The molecule has 7 heteroatoms. The smallest absolute Gasteiger partial charge is 0.251 e. The molecule has 0 bridgehead atoms. The molecule has 0 saturated heterocycles. The van der Waals surface area contributed by atoms with Crippen LogP contribution >= 0.6 is 11.6 Å². The van der Waals surface area contributed by atoms with E-state index in [1.165, 1.54) is 36.4 Å². The van der Waals surface area contributed by atoms with Crippen molar-refractivity contribution in [2.24, 2.45) is 5.92 Å². The minimum atomic E-state index is -0.832. The van der Waals surface area contributed by atoms with Crippen LogP contribution in [0, 0.1) is 17.6 Å². The number of amides is 2. The zero-order chi connectivity index (χ0) is 18.6. The average Bonchev–Trinajstić information content (AvgIpc) is 2.56. The number of nitrogens with one attached hydrogen (secondary N) is 2. The number of hydrogen-bond donors (Lipinski definition) is 2. The number of hydrogen-bond acceptors (Lipinski definition) is 2. The fraction of sp³-hybridized carbons (Fsp3) is 0.222. The van der Waals surface area contributed by atoms with Gasteiger partial charge < -0.3 is 10.6 Å². The van der Waals surface area contributed by atoms with Crippen LogP contribution in [0.2, 0.25) is 5.02 Å². The van der Waals surface area contributed by atoms with E-state index < -0.39 is 29.5 Å². The summed E-state index contributed by atoms with van der Waals surface area (Å²) in [5, 5.41) is 5.09. The molecular weight excluding hydrogens is 350 g/mol. The van der Waals surface area contributed by atoms with Gasteiger partial charge in [0.25, 0.3) is 5.91 Å². The molecule has 0 heterocycles. The average molecular weight is 367 g/mol. The van der Waals surface area contributed by atoms with Gasteiger partial charge in [0.2, 0.25) is 5.91 Å². The number of benzene rings is 2. The molecule has 0 aliphatic carbocycles. The normalized spacial score (nSPS) is 11.9. The van der Waals surface area contributed by atoms with Gasteiger partial charge in [-0.15, -0.1) is 0 Å². The van der Waals surface area contributed by atoms with Crippen molar-refractivity contribution in [3.05, 3.63) is 64.7 Å². The van der Waals surface area contributed by atoms with Crippen LogP contribution in [0.4, 0.5) is 14.5 Å². The summed E-state index contributed by atoms with van der Waals surface area (Å²) < 4.78 is 26.1. The van der Waals surface area contributed by atoms with Crippen LogP contribution in [0.1, 0.15) is 24.2 Å². The van der Waals surface area contributed by atoms with Gasteiger partial charge in [0.1, 0.15) is 17.7 Å². The van der Waals surface area contributed by atoms with Gasteiger partial charge >= 0.3 is 0 Å². The fourth-order valence-corrected chi connectivity index (χ4v) is 2.34. The molecule has 0 aromatic heterocycles. The quantitative estimate of drug-likeness (QED) is 0.840. The summed E-state index contributed by atoms with van der Waals surface area (Å²) >= 11 is 5.69. The number of carbonyl (C=O) groups is 2. The van der Waals surface area contributed by atoms with Crippen molar-refractivity contribution in [2.45, 2.75) is 19.9 Å². The molecule has 2 aromatic rings. The van der Waals surface area contributed by atoms with E-state index in [0.717, 1.165) is 6.07 Å². The van der Waals surface area contributed by atoms with Gasteiger partial charge in [-0.3, -0.25) is 9.59 Å². The van der Waals surface area contributed by atoms with E-state index in [-0.39, 0.29) is 16.5 Å². The lowest BCUT2D eigenvalue weighted by Gasteiger charge is -2.22. The third-order valence-corrected chi connectivity index (χ3v) is 3.82. The van der Waals surface area contributed by atoms with Crippen LogP contribution < -0.4 is 10.6 Å². The van der Waals surface area contributed by atoms with Crippen molar-refractivity contribution in [1.82, 2.24) is 5.32 Å². The van der Waals surface area contributed by atoms with Crippen LogP contribution in [0.15, 0.2) is 42.5 Å². The van der Waals surface area contributed by atoms with Crippen molar-refractivity contribution in [3.8, 4) is 0 Å². The van der Waals surface area contributed by atoms with Crippen molar-refractivity contribution >= 4 is 29.1 Å². The summed E-state index contributed by atoms with van der Waals surface area (Å²) in [7, 11) is 0. The van der Waals surface area contributed by atoms with Gasteiger partial charge in [-0.25, -0.2) is 8.78 Å². The summed E-state index contributed by atoms with van der Waals surface area (Å²) in [4.78, 5) is 24.7. The summed E-state index contributed by atoms with van der Waals surface area (Å²) in [6.07, 6.45) is 0. The molecule has 0 saturated carbocycles. The highest BCUT2D eigenvalue weighted by molar-refractivity contribution is 6.31. The Morgan fingerprint density at radius 1 is 1.04 bits per heavy atom. The maximum Gasteiger partial charge on any atom is 0.251 e. The highest BCUT2D eigenvalue weighted by Gasteiger charge is 2.25. The van der Waals surface area contributed by atoms with Crippen LogP contribution in [0.3, 0.4) is 0 Å². The summed E-state index contributed by atoms with van der Waals surface area (Å²) in [6, 6.07) is 7.96. The lowest BCUT2D eigenvalue weighted by atomic mass is 10.0. The number of rotatable bonds is 5. The topological polar surface area (TPSA) is 58.2 Å². The molecule has 0 fully saturated rings. The van der Waals surface area contributed by atoms with Crippen molar-refractivity contribution in [3.63, 3.8) is 0 Å². The number of anilines is 1. The zero-order valence-electron chi connectivity index (χ0n) is 13.6. The van der Waals surface area contributed by atoms with Gasteiger partial charge in [-0.2, -0.15) is 0 Å². The molecule has 2 aromatic carbocycles. The van der Waals surface area contributed by atoms with E-state index >= 15 is 0 Å². The molecule has 2 amide bonds. The van der Waals surface area contributed by atoms with E-state index in [0.29, 0.717) is 5.69 Å². The lowest BCUT2D eigenvalue weighted by Crippen LogP contribution is -2.47. The summed E-state index contributed by atoms with van der Waals surface area (Å²) in [6.45, 7) is 3.54. The lowest BCUT2D eigenvalue weighted by molar-refractivity contribution is -0.118. The van der Waals surface area contributed by atoms with Gasteiger partial charge in [0.15, 0.2) is 0 Å². The van der Waals surface area contributed by atoms with E-state index in [2.05, 4.69) is 10.6 Å². The van der Waals surface area contributed by atoms with Gasteiger partial charge in [0, 0.05) is 11.3 Å². The van der Waals surface area contributed by atoms with Gasteiger partial charge in [-0.1, -0.05) is 25.4 Å². The minimum absolute atomic E-state index is 0.116. The second-order valence-corrected chi connectivity index (χ2v) is 6.23. The van der Waals surface area contributed by atoms with Crippen LogP contribution in [0.5, 0.6) is 0 Å². The molecule has 0 aliphatic rings. The Morgan fingerprint density at radius 2 is 1.68 bits per heavy atom. The third kappa shape index (κ3) is 5.00. The molecule has 132 valence electrons. The van der Waals surface area contributed by atoms with E-state index in [1.54, 1.807) is 13.8 Å². The van der Waals surface area contributed by atoms with Crippen LogP contribution in [0.25, 0.3) is 0 Å². The minimum Gasteiger partial charge on any atom is -0.340 e. The maximum atomic E-state index is 13.2.